The zero-order valence-electron chi connectivity index (χ0n) is 14.5. The number of nitrogens with zero attached hydrogens (tertiary/aromatic N) is 5. The van der Waals surface area contributed by atoms with Crippen LogP contribution in [0.3, 0.4) is 0 Å². The lowest BCUT2D eigenvalue weighted by Gasteiger charge is -2.21. The lowest BCUT2D eigenvalue weighted by Crippen LogP contribution is -2.23. The van der Waals surface area contributed by atoms with Gasteiger partial charge in [0.15, 0.2) is 5.82 Å². The van der Waals surface area contributed by atoms with E-state index in [9.17, 15) is 0 Å². The number of ether oxygens (including phenoxy) is 1. The summed E-state index contributed by atoms with van der Waals surface area (Å²) >= 11 is 0. The van der Waals surface area contributed by atoms with Crippen LogP contribution >= 0.6 is 0 Å². The molecule has 3 heterocycles. The fourth-order valence-corrected chi connectivity index (χ4v) is 4.05. The van der Waals surface area contributed by atoms with Gasteiger partial charge in [0.1, 0.15) is 5.82 Å². The average molecular weight is 327 g/mol. The van der Waals surface area contributed by atoms with Crippen molar-refractivity contribution in [3.63, 3.8) is 0 Å². The molecular weight excluding hydrogens is 302 g/mol. The lowest BCUT2D eigenvalue weighted by atomic mass is 10.0. The molecule has 2 aromatic heterocycles. The van der Waals surface area contributed by atoms with Crippen molar-refractivity contribution < 1.29 is 4.74 Å². The van der Waals surface area contributed by atoms with E-state index >= 15 is 0 Å². The highest BCUT2D eigenvalue weighted by Crippen LogP contribution is 2.32. The number of anilines is 1. The Labute approximate surface area is 142 Å². The Balaban J connectivity index is 1.55. The fraction of sp³-hybridized carbons (Fsp3) is 0.611. The molecule has 1 aliphatic heterocycles. The third kappa shape index (κ3) is 2.74. The molecule has 1 saturated heterocycles. The molecule has 128 valence electrons. The fourth-order valence-electron chi connectivity index (χ4n) is 4.05. The Hall–Kier alpha value is -2.11. The maximum absolute atomic E-state index is 5.48. The molecule has 0 aromatic carbocycles. The van der Waals surface area contributed by atoms with E-state index in [2.05, 4.69) is 26.4 Å². The molecule has 0 unspecified atom stereocenters. The second kappa shape index (κ2) is 6.42. The number of aromatic nitrogens is 4. The van der Waals surface area contributed by atoms with Crippen molar-refractivity contribution in [3.8, 4) is 5.88 Å². The smallest absolute Gasteiger partial charge is 0.234 e. The van der Waals surface area contributed by atoms with Crippen LogP contribution in [0.5, 0.6) is 5.88 Å². The number of hydrogen-bond donors (Lipinski definition) is 0. The van der Waals surface area contributed by atoms with Crippen molar-refractivity contribution >= 4 is 5.82 Å². The Morgan fingerprint density at radius 3 is 2.96 bits per heavy atom. The van der Waals surface area contributed by atoms with E-state index in [-0.39, 0.29) is 0 Å². The van der Waals surface area contributed by atoms with E-state index in [1.54, 1.807) is 6.20 Å². The van der Waals surface area contributed by atoms with Crippen molar-refractivity contribution in [2.24, 2.45) is 0 Å². The molecule has 0 bridgehead atoms. The zero-order chi connectivity index (χ0) is 16.5. The maximum atomic E-state index is 5.48. The van der Waals surface area contributed by atoms with Crippen LogP contribution in [-0.4, -0.2) is 39.2 Å². The Morgan fingerprint density at radius 1 is 1.21 bits per heavy atom. The first kappa shape index (κ1) is 15.4. The van der Waals surface area contributed by atoms with Gasteiger partial charge in [-0.25, -0.2) is 4.98 Å². The van der Waals surface area contributed by atoms with Crippen LogP contribution in [-0.2, 0) is 12.8 Å². The van der Waals surface area contributed by atoms with Crippen LogP contribution in [0.25, 0.3) is 0 Å². The Morgan fingerprint density at radius 2 is 2.08 bits per heavy atom. The molecule has 1 aliphatic carbocycles. The molecule has 6 nitrogen and oxygen atoms in total. The van der Waals surface area contributed by atoms with E-state index in [1.165, 1.54) is 36.5 Å². The van der Waals surface area contributed by atoms with Gasteiger partial charge in [-0.1, -0.05) is 0 Å². The first-order valence-corrected chi connectivity index (χ1v) is 9.02. The first-order chi connectivity index (χ1) is 11.8. The number of hydrogen-bond acceptors (Lipinski definition) is 5. The predicted octanol–water partition coefficient (Wildman–Crippen LogP) is 2.71. The molecule has 24 heavy (non-hydrogen) atoms. The molecule has 1 atom stereocenters. The topological polar surface area (TPSA) is 56.1 Å². The van der Waals surface area contributed by atoms with Crippen molar-refractivity contribution in [3.05, 3.63) is 29.6 Å². The largest absolute Gasteiger partial charge is 0.477 e. The highest BCUT2D eigenvalue weighted by molar-refractivity contribution is 5.39. The summed E-state index contributed by atoms with van der Waals surface area (Å²) in [7, 11) is 0. The number of rotatable bonds is 4. The molecule has 0 spiro atoms. The van der Waals surface area contributed by atoms with Gasteiger partial charge in [-0.05, 0) is 46.0 Å². The lowest BCUT2D eigenvalue weighted by molar-refractivity contribution is 0.325. The summed E-state index contributed by atoms with van der Waals surface area (Å²) in [5.41, 5.74) is 2.80. The first-order valence-electron chi connectivity index (χ1n) is 9.02. The van der Waals surface area contributed by atoms with Crippen LogP contribution in [0.4, 0.5) is 5.82 Å². The molecule has 0 N–H and O–H groups in total. The third-order valence-electron chi connectivity index (χ3n) is 5.09. The second-order valence-electron chi connectivity index (χ2n) is 6.67. The summed E-state index contributed by atoms with van der Waals surface area (Å²) in [6.45, 7) is 6.69. The summed E-state index contributed by atoms with van der Waals surface area (Å²) in [6.07, 6.45) is 9.52. The monoisotopic (exact) mass is 327 g/mol. The van der Waals surface area contributed by atoms with Gasteiger partial charge in [-0.3, -0.25) is 4.98 Å². The third-order valence-corrected chi connectivity index (χ3v) is 5.09. The molecule has 6 heteroatoms. The maximum Gasteiger partial charge on any atom is 0.234 e. The van der Waals surface area contributed by atoms with Gasteiger partial charge in [-0.2, -0.15) is 4.98 Å². The van der Waals surface area contributed by atoms with Gasteiger partial charge in [0.05, 0.1) is 30.7 Å². The van der Waals surface area contributed by atoms with Gasteiger partial charge >= 0.3 is 0 Å². The van der Waals surface area contributed by atoms with E-state index in [0.29, 0.717) is 18.5 Å². The molecule has 4 rings (SSSR count). The molecule has 2 aromatic rings. The highest BCUT2D eigenvalue weighted by Gasteiger charge is 2.29. The quantitative estimate of drug-likeness (QED) is 0.864. The van der Waals surface area contributed by atoms with Crippen LogP contribution < -0.4 is 9.64 Å². The predicted molar refractivity (Wildman–Crippen MR) is 92.7 cm³/mol. The zero-order valence-corrected chi connectivity index (χ0v) is 14.5. The minimum Gasteiger partial charge on any atom is -0.477 e. The van der Waals surface area contributed by atoms with E-state index < -0.39 is 0 Å². The second-order valence-corrected chi connectivity index (χ2v) is 6.67. The Bertz CT molecular complexity index is 726. The standard InChI is InChI=1S/C18H25N5O/c1-3-24-18-11-19-10-17(21-18)22-9-8-14(12-22)23-13(2)20-15-6-4-5-7-16(15)23/h10-11,14H,3-9,12H2,1-2H3/t14-/m1/s1. The van der Waals surface area contributed by atoms with Gasteiger partial charge in [0.25, 0.3) is 0 Å². The van der Waals surface area contributed by atoms with Crippen LogP contribution in [0.2, 0.25) is 0 Å². The summed E-state index contributed by atoms with van der Waals surface area (Å²) in [5.74, 6) is 2.69. The molecule has 1 fully saturated rings. The summed E-state index contributed by atoms with van der Waals surface area (Å²) in [5, 5.41) is 0. The average Bonchev–Trinajstić information content (AvgIpc) is 3.18. The molecule has 0 saturated carbocycles. The van der Waals surface area contributed by atoms with Crippen molar-refractivity contribution in [1.82, 2.24) is 19.5 Å². The van der Waals surface area contributed by atoms with E-state index in [1.807, 2.05) is 13.1 Å². The van der Waals surface area contributed by atoms with Crippen molar-refractivity contribution in [2.45, 2.75) is 52.0 Å². The SMILES string of the molecule is CCOc1cncc(N2CC[C@@H](n3c(C)nc4c3CCCC4)C2)n1. The summed E-state index contributed by atoms with van der Waals surface area (Å²) in [6, 6.07) is 0.483. The highest BCUT2D eigenvalue weighted by atomic mass is 16.5. The summed E-state index contributed by atoms with van der Waals surface area (Å²) < 4.78 is 7.98. The molecule has 2 aliphatic rings. The minimum atomic E-state index is 0.483. The van der Waals surface area contributed by atoms with E-state index in [4.69, 9.17) is 9.72 Å². The van der Waals surface area contributed by atoms with E-state index in [0.717, 1.165) is 31.7 Å². The van der Waals surface area contributed by atoms with Crippen LogP contribution in [0, 0.1) is 6.92 Å². The van der Waals surface area contributed by atoms with Crippen molar-refractivity contribution in [1.29, 1.82) is 0 Å². The van der Waals surface area contributed by atoms with Gasteiger partial charge in [0, 0.05) is 18.8 Å². The minimum absolute atomic E-state index is 0.483. The normalized spacial score (nSPS) is 20.2. The van der Waals surface area contributed by atoms with Crippen LogP contribution in [0.1, 0.15) is 49.4 Å². The van der Waals surface area contributed by atoms with Gasteiger partial charge in [-0.15, -0.1) is 0 Å². The summed E-state index contributed by atoms with van der Waals surface area (Å²) in [4.78, 5) is 16.0. The molecule has 0 radical (unpaired) electrons. The molecule has 0 amide bonds. The Kier molecular flexibility index (Phi) is 4.12. The number of aryl methyl sites for hydroxylation is 2. The van der Waals surface area contributed by atoms with Crippen molar-refractivity contribution in [2.75, 3.05) is 24.6 Å². The molecular formula is C18H25N5O. The number of fused-ring (bicyclic) bond motifs is 1. The van der Waals surface area contributed by atoms with Crippen LogP contribution in [0.15, 0.2) is 12.4 Å². The van der Waals surface area contributed by atoms with Gasteiger partial charge < -0.3 is 14.2 Å². The number of imidazole rings is 1. The van der Waals surface area contributed by atoms with Gasteiger partial charge in [0.2, 0.25) is 5.88 Å².